The highest BCUT2D eigenvalue weighted by atomic mass is 32.2. The Labute approximate surface area is 167 Å². The van der Waals surface area contributed by atoms with Crippen molar-refractivity contribution in [1.29, 1.82) is 0 Å². The van der Waals surface area contributed by atoms with Gasteiger partial charge in [-0.1, -0.05) is 18.2 Å². The molecule has 5 nitrogen and oxygen atoms in total. The first-order valence-electron chi connectivity index (χ1n) is 8.72. The van der Waals surface area contributed by atoms with Gasteiger partial charge in [-0.15, -0.1) is 11.8 Å². The lowest BCUT2D eigenvalue weighted by atomic mass is 10.1. The second-order valence-electron chi connectivity index (χ2n) is 6.13. The van der Waals surface area contributed by atoms with E-state index in [1.807, 2.05) is 53.2 Å². The smallest absolute Gasteiger partial charge is 0.165 e. The summed E-state index contributed by atoms with van der Waals surface area (Å²) >= 11 is 1.71. The fourth-order valence-electron chi connectivity index (χ4n) is 2.95. The van der Waals surface area contributed by atoms with E-state index in [9.17, 15) is 5.11 Å². The van der Waals surface area contributed by atoms with Crippen molar-refractivity contribution in [2.75, 3.05) is 13.4 Å². The SMILES string of the molecule is COc1cc(-c2nc3ccccn3c2N=Cc2ccc(SC)cc2)ccc1O. The minimum absolute atomic E-state index is 0.0916. The van der Waals surface area contributed by atoms with Crippen LogP contribution in [0.15, 0.2) is 76.7 Å². The normalized spacial score (nSPS) is 11.4. The van der Waals surface area contributed by atoms with Crippen LogP contribution in [0.4, 0.5) is 5.82 Å². The predicted molar refractivity (Wildman–Crippen MR) is 114 cm³/mol. The average molecular weight is 389 g/mol. The highest BCUT2D eigenvalue weighted by molar-refractivity contribution is 7.98. The molecule has 6 heteroatoms. The number of hydrogen-bond donors (Lipinski definition) is 1. The van der Waals surface area contributed by atoms with Crippen molar-refractivity contribution in [1.82, 2.24) is 9.38 Å². The quantitative estimate of drug-likeness (QED) is 0.377. The zero-order valence-electron chi connectivity index (χ0n) is 15.5. The van der Waals surface area contributed by atoms with Gasteiger partial charge in [0.15, 0.2) is 17.3 Å². The lowest BCUT2D eigenvalue weighted by molar-refractivity contribution is 0.373. The van der Waals surface area contributed by atoms with Crippen LogP contribution in [-0.2, 0) is 0 Å². The molecule has 1 N–H and O–H groups in total. The number of ether oxygens (including phenoxy) is 1. The number of benzene rings is 2. The third kappa shape index (κ3) is 3.46. The minimum Gasteiger partial charge on any atom is -0.504 e. The van der Waals surface area contributed by atoms with E-state index < -0.39 is 0 Å². The number of aromatic nitrogens is 2. The third-order valence-corrected chi connectivity index (χ3v) is 5.15. The number of thioether (sulfide) groups is 1. The summed E-state index contributed by atoms with van der Waals surface area (Å²) in [6.07, 6.45) is 5.83. The van der Waals surface area contributed by atoms with Gasteiger partial charge in [0.05, 0.1) is 7.11 Å². The summed E-state index contributed by atoms with van der Waals surface area (Å²) in [5.41, 5.74) is 3.36. The number of hydrogen-bond acceptors (Lipinski definition) is 5. The number of imidazole rings is 1. The molecule has 0 atom stereocenters. The van der Waals surface area contributed by atoms with Gasteiger partial charge in [-0.3, -0.25) is 4.40 Å². The molecule has 2 aromatic heterocycles. The van der Waals surface area contributed by atoms with Crippen molar-refractivity contribution in [3.8, 4) is 22.8 Å². The highest BCUT2D eigenvalue weighted by Gasteiger charge is 2.15. The predicted octanol–water partition coefficient (Wildman–Crippen LogP) is 5.19. The molecule has 0 saturated heterocycles. The van der Waals surface area contributed by atoms with Gasteiger partial charge < -0.3 is 9.84 Å². The molecule has 0 spiro atoms. The molecule has 0 aliphatic carbocycles. The second-order valence-corrected chi connectivity index (χ2v) is 7.01. The summed E-state index contributed by atoms with van der Waals surface area (Å²) in [4.78, 5) is 10.7. The number of phenolic OH excluding ortho intramolecular Hbond substituents is 1. The maximum atomic E-state index is 9.90. The zero-order valence-corrected chi connectivity index (χ0v) is 16.4. The number of rotatable bonds is 5. The van der Waals surface area contributed by atoms with E-state index in [4.69, 9.17) is 14.7 Å². The van der Waals surface area contributed by atoms with Gasteiger partial charge in [-0.05, 0) is 54.3 Å². The van der Waals surface area contributed by atoms with Crippen molar-refractivity contribution in [2.24, 2.45) is 4.99 Å². The van der Waals surface area contributed by atoms with Gasteiger partial charge in [0, 0.05) is 22.9 Å². The number of methoxy groups -OCH3 is 1. The molecule has 28 heavy (non-hydrogen) atoms. The van der Waals surface area contributed by atoms with Crippen LogP contribution >= 0.6 is 11.8 Å². The number of aromatic hydroxyl groups is 1. The standard InChI is InChI=1S/C22H19N3O2S/c1-27-19-13-16(8-11-18(19)26)21-22(25-12-4-3-5-20(25)24-21)23-14-15-6-9-17(28-2)10-7-15/h3-14,26H,1-2H3. The number of phenols is 1. The molecular formula is C22H19N3O2S. The van der Waals surface area contributed by atoms with E-state index in [0.717, 1.165) is 28.3 Å². The Bertz CT molecular complexity index is 1150. The highest BCUT2D eigenvalue weighted by Crippen LogP contribution is 2.36. The first kappa shape index (κ1) is 18.1. The van der Waals surface area contributed by atoms with Gasteiger partial charge in [0.2, 0.25) is 0 Å². The summed E-state index contributed by atoms with van der Waals surface area (Å²) in [6, 6.07) is 19.2. The van der Waals surface area contributed by atoms with E-state index in [1.54, 1.807) is 23.9 Å². The van der Waals surface area contributed by atoms with Gasteiger partial charge in [0.1, 0.15) is 11.3 Å². The molecule has 0 aliphatic rings. The Hall–Kier alpha value is -3.25. The Morgan fingerprint density at radius 1 is 1.11 bits per heavy atom. The molecule has 0 aliphatic heterocycles. The van der Waals surface area contributed by atoms with Crippen LogP contribution in [0.2, 0.25) is 0 Å². The lowest BCUT2D eigenvalue weighted by Crippen LogP contribution is -1.87. The molecule has 0 amide bonds. The molecule has 140 valence electrons. The van der Waals surface area contributed by atoms with Gasteiger partial charge in [-0.25, -0.2) is 9.98 Å². The Morgan fingerprint density at radius 3 is 2.68 bits per heavy atom. The molecule has 0 unspecified atom stereocenters. The van der Waals surface area contributed by atoms with Crippen LogP contribution < -0.4 is 4.74 Å². The Kier molecular flexibility index (Phi) is 5.04. The fourth-order valence-corrected chi connectivity index (χ4v) is 3.36. The van der Waals surface area contributed by atoms with E-state index in [1.165, 1.54) is 12.0 Å². The number of nitrogens with zero attached hydrogens (tertiary/aromatic N) is 3. The number of fused-ring (bicyclic) bond motifs is 1. The average Bonchev–Trinajstić information content (AvgIpc) is 3.11. The fraction of sp³-hybridized carbons (Fsp3) is 0.0909. The summed E-state index contributed by atoms with van der Waals surface area (Å²) in [5, 5.41) is 9.90. The summed E-state index contributed by atoms with van der Waals surface area (Å²) in [6.45, 7) is 0. The molecule has 0 saturated carbocycles. The molecule has 0 fully saturated rings. The second kappa shape index (κ2) is 7.78. The molecule has 4 rings (SSSR count). The van der Waals surface area contributed by atoms with E-state index in [0.29, 0.717) is 5.75 Å². The molecule has 2 heterocycles. The molecule has 0 radical (unpaired) electrons. The molecule has 2 aromatic carbocycles. The largest absolute Gasteiger partial charge is 0.504 e. The van der Waals surface area contributed by atoms with Crippen LogP contribution in [0.3, 0.4) is 0 Å². The van der Waals surface area contributed by atoms with Crippen molar-refractivity contribution >= 4 is 29.4 Å². The third-order valence-electron chi connectivity index (χ3n) is 4.41. The van der Waals surface area contributed by atoms with Crippen molar-refractivity contribution in [2.45, 2.75) is 4.90 Å². The first-order valence-corrected chi connectivity index (χ1v) is 9.94. The number of pyridine rings is 1. The van der Waals surface area contributed by atoms with Crippen molar-refractivity contribution in [3.05, 3.63) is 72.4 Å². The van der Waals surface area contributed by atoms with Crippen LogP contribution in [0.1, 0.15) is 5.56 Å². The van der Waals surface area contributed by atoms with Gasteiger partial charge >= 0.3 is 0 Å². The molecule has 4 aromatic rings. The molecular weight excluding hydrogens is 370 g/mol. The van der Waals surface area contributed by atoms with Crippen molar-refractivity contribution in [3.63, 3.8) is 0 Å². The molecule has 0 bridgehead atoms. The van der Waals surface area contributed by atoms with Crippen molar-refractivity contribution < 1.29 is 9.84 Å². The summed E-state index contributed by atoms with van der Waals surface area (Å²) < 4.78 is 7.19. The first-order chi connectivity index (χ1) is 13.7. The topological polar surface area (TPSA) is 59.1 Å². The Balaban J connectivity index is 1.82. The maximum absolute atomic E-state index is 9.90. The minimum atomic E-state index is 0.0916. The maximum Gasteiger partial charge on any atom is 0.165 e. The summed E-state index contributed by atoms with van der Waals surface area (Å²) in [5.74, 6) is 1.21. The van der Waals surface area contributed by atoms with Crippen LogP contribution in [0.5, 0.6) is 11.5 Å². The Morgan fingerprint density at radius 2 is 1.93 bits per heavy atom. The van der Waals surface area contributed by atoms with Crippen LogP contribution in [0, 0.1) is 0 Å². The number of aliphatic imine (C=N–C) groups is 1. The van der Waals surface area contributed by atoms with E-state index in [2.05, 4.69) is 18.4 Å². The van der Waals surface area contributed by atoms with Crippen LogP contribution in [0.25, 0.3) is 16.9 Å². The van der Waals surface area contributed by atoms with Crippen LogP contribution in [-0.4, -0.2) is 34.1 Å². The van der Waals surface area contributed by atoms with E-state index in [-0.39, 0.29) is 5.75 Å². The zero-order chi connectivity index (χ0) is 19.5. The van der Waals surface area contributed by atoms with Gasteiger partial charge in [-0.2, -0.15) is 0 Å². The monoisotopic (exact) mass is 389 g/mol. The van der Waals surface area contributed by atoms with E-state index >= 15 is 0 Å². The summed E-state index contributed by atoms with van der Waals surface area (Å²) in [7, 11) is 1.53. The van der Waals surface area contributed by atoms with Gasteiger partial charge in [0.25, 0.3) is 0 Å². The lowest BCUT2D eigenvalue weighted by Gasteiger charge is -2.06.